The predicted octanol–water partition coefficient (Wildman–Crippen LogP) is 4.98. The topological polar surface area (TPSA) is 64.7 Å². The van der Waals surface area contributed by atoms with Gasteiger partial charge in [0.15, 0.2) is 0 Å². The van der Waals surface area contributed by atoms with E-state index in [2.05, 4.69) is 10.6 Å². The van der Waals surface area contributed by atoms with Gasteiger partial charge in [-0.25, -0.2) is 14.0 Å². The van der Waals surface area contributed by atoms with Crippen LogP contribution in [-0.4, -0.2) is 30.1 Å². The van der Waals surface area contributed by atoms with E-state index in [1.165, 1.54) is 6.07 Å². The Bertz CT molecular complexity index is 1070. The van der Waals surface area contributed by atoms with E-state index < -0.39 is 0 Å². The highest BCUT2D eigenvalue weighted by atomic mass is 19.1. The lowest BCUT2D eigenvalue weighted by molar-refractivity contribution is 0.192. The maximum Gasteiger partial charge on any atom is 0.324 e. The Morgan fingerprint density at radius 1 is 0.906 bits per heavy atom. The van der Waals surface area contributed by atoms with Crippen LogP contribution >= 0.6 is 0 Å². The van der Waals surface area contributed by atoms with Gasteiger partial charge in [-0.3, -0.25) is 4.90 Å². The van der Waals surface area contributed by atoms with Crippen molar-refractivity contribution < 1.29 is 14.0 Å². The summed E-state index contributed by atoms with van der Waals surface area (Å²) in [5.74, 6) is -0.307. The molecule has 1 saturated heterocycles. The zero-order chi connectivity index (χ0) is 22.3. The molecule has 7 heteroatoms. The number of carbonyl (C=O) groups excluding carboxylic acids is 2. The van der Waals surface area contributed by atoms with Gasteiger partial charge in [0.1, 0.15) is 5.82 Å². The van der Waals surface area contributed by atoms with Crippen molar-refractivity contribution >= 4 is 23.4 Å². The summed E-state index contributed by atoms with van der Waals surface area (Å²) in [6.07, 6.45) is 0.794. The molecule has 2 N–H and O–H groups in total. The Labute approximate surface area is 186 Å². The van der Waals surface area contributed by atoms with Gasteiger partial charge in [-0.15, -0.1) is 0 Å². The third-order valence-electron chi connectivity index (χ3n) is 5.36. The molecule has 1 aliphatic heterocycles. The molecule has 6 nitrogen and oxygen atoms in total. The second-order valence-corrected chi connectivity index (χ2v) is 7.64. The van der Waals surface area contributed by atoms with Gasteiger partial charge < -0.3 is 15.5 Å². The number of nitrogens with zero attached hydrogens (tertiary/aromatic N) is 2. The van der Waals surface area contributed by atoms with Crippen LogP contribution in [0.3, 0.4) is 0 Å². The van der Waals surface area contributed by atoms with Crippen LogP contribution in [0.4, 0.5) is 25.4 Å². The summed E-state index contributed by atoms with van der Waals surface area (Å²) in [7, 11) is 0. The van der Waals surface area contributed by atoms with Crippen LogP contribution in [0.2, 0.25) is 0 Å². The van der Waals surface area contributed by atoms with Crippen molar-refractivity contribution in [1.82, 2.24) is 10.2 Å². The van der Waals surface area contributed by atoms with Crippen LogP contribution in [0.5, 0.6) is 0 Å². The number of nitrogens with one attached hydrogen (secondary N) is 2. The van der Waals surface area contributed by atoms with Crippen molar-refractivity contribution in [3.63, 3.8) is 0 Å². The Kier molecular flexibility index (Phi) is 6.65. The van der Waals surface area contributed by atoms with Crippen LogP contribution < -0.4 is 15.5 Å². The number of urea groups is 2. The number of hydrogen-bond acceptors (Lipinski definition) is 2. The van der Waals surface area contributed by atoms with Crippen LogP contribution in [0.25, 0.3) is 0 Å². The van der Waals surface area contributed by atoms with E-state index in [1.807, 2.05) is 30.3 Å². The van der Waals surface area contributed by atoms with E-state index in [1.54, 1.807) is 52.3 Å². The first-order chi connectivity index (χ1) is 15.6. The molecule has 3 aromatic carbocycles. The molecule has 0 saturated carbocycles. The summed E-state index contributed by atoms with van der Waals surface area (Å²) < 4.78 is 14.0. The summed E-state index contributed by atoms with van der Waals surface area (Å²) >= 11 is 0. The van der Waals surface area contributed by atoms with Crippen LogP contribution in [0.1, 0.15) is 17.5 Å². The van der Waals surface area contributed by atoms with Gasteiger partial charge >= 0.3 is 12.1 Å². The maximum atomic E-state index is 14.0. The third kappa shape index (κ3) is 5.24. The lowest BCUT2D eigenvalue weighted by atomic mass is 10.1. The highest BCUT2D eigenvalue weighted by Gasteiger charge is 2.27. The predicted molar refractivity (Wildman–Crippen MR) is 123 cm³/mol. The molecule has 4 rings (SSSR count). The molecule has 1 heterocycles. The molecule has 1 fully saturated rings. The van der Waals surface area contributed by atoms with E-state index >= 15 is 0 Å². The number of carbonyl (C=O) groups is 2. The lowest BCUT2D eigenvalue weighted by Gasteiger charge is -2.35. The molecular weight excluding hydrogens is 407 g/mol. The third-order valence-corrected chi connectivity index (χ3v) is 5.36. The monoisotopic (exact) mass is 432 g/mol. The Balaban J connectivity index is 1.35. The zero-order valence-electron chi connectivity index (χ0n) is 17.6. The van der Waals surface area contributed by atoms with Crippen molar-refractivity contribution in [2.45, 2.75) is 19.5 Å². The van der Waals surface area contributed by atoms with Crippen molar-refractivity contribution in [2.75, 3.05) is 23.3 Å². The first-order valence-electron chi connectivity index (χ1n) is 10.6. The van der Waals surface area contributed by atoms with E-state index in [0.29, 0.717) is 30.9 Å². The molecule has 1 aliphatic rings. The van der Waals surface area contributed by atoms with E-state index in [-0.39, 0.29) is 24.4 Å². The fraction of sp³-hybridized carbons (Fsp3) is 0.200. The van der Waals surface area contributed by atoms with Crippen molar-refractivity contribution in [2.24, 2.45) is 0 Å². The van der Waals surface area contributed by atoms with E-state index in [0.717, 1.165) is 17.7 Å². The lowest BCUT2D eigenvalue weighted by Crippen LogP contribution is -2.49. The normalized spacial score (nSPS) is 13.7. The molecular formula is C25H25FN4O2. The number of halogens is 1. The number of hydrogen-bond donors (Lipinski definition) is 2. The Morgan fingerprint density at radius 3 is 2.38 bits per heavy atom. The standard InChI is InChI=1S/C25H25FN4O2/c26-23-10-5-4-9-20(23)18-29-15-6-16-30(25(29)32)22-13-11-21(12-14-22)28-24(31)27-17-19-7-2-1-3-8-19/h1-5,7-14H,6,15-18H2,(H2,27,28,31). The Hall–Kier alpha value is -3.87. The van der Waals surface area contributed by atoms with Gasteiger partial charge in [0, 0.05) is 36.6 Å². The number of amides is 4. The number of anilines is 2. The van der Waals surface area contributed by atoms with Crippen LogP contribution in [0.15, 0.2) is 78.9 Å². The molecule has 0 aliphatic carbocycles. The Morgan fingerprint density at radius 2 is 1.62 bits per heavy atom. The molecule has 4 amide bonds. The average Bonchev–Trinajstić information content (AvgIpc) is 2.82. The van der Waals surface area contributed by atoms with Crippen molar-refractivity contribution in [3.05, 3.63) is 95.8 Å². The largest absolute Gasteiger partial charge is 0.334 e. The summed E-state index contributed by atoms with van der Waals surface area (Å²) in [5.41, 5.74) is 2.89. The quantitative estimate of drug-likeness (QED) is 0.577. The van der Waals surface area contributed by atoms with Crippen LogP contribution in [-0.2, 0) is 13.1 Å². The molecule has 0 aromatic heterocycles. The van der Waals surface area contributed by atoms with Gasteiger partial charge in [0.05, 0.1) is 6.54 Å². The minimum Gasteiger partial charge on any atom is -0.334 e. The SMILES string of the molecule is O=C(NCc1ccccc1)Nc1ccc(N2CCCN(Cc3ccccc3F)C2=O)cc1. The second-order valence-electron chi connectivity index (χ2n) is 7.64. The van der Waals surface area contributed by atoms with E-state index in [4.69, 9.17) is 0 Å². The fourth-order valence-electron chi connectivity index (χ4n) is 3.68. The highest BCUT2D eigenvalue weighted by Crippen LogP contribution is 2.23. The van der Waals surface area contributed by atoms with Crippen LogP contribution in [0, 0.1) is 5.82 Å². The molecule has 0 atom stereocenters. The van der Waals surface area contributed by atoms with Gasteiger partial charge in [-0.2, -0.15) is 0 Å². The van der Waals surface area contributed by atoms with Gasteiger partial charge in [-0.1, -0.05) is 48.5 Å². The fourth-order valence-corrected chi connectivity index (χ4v) is 3.68. The highest BCUT2D eigenvalue weighted by molar-refractivity contribution is 5.94. The summed E-state index contributed by atoms with van der Waals surface area (Å²) in [4.78, 5) is 28.5. The minimum atomic E-state index is -0.307. The average molecular weight is 432 g/mol. The minimum absolute atomic E-state index is 0.152. The zero-order valence-corrected chi connectivity index (χ0v) is 17.6. The van der Waals surface area contributed by atoms with Gasteiger partial charge in [0.2, 0.25) is 0 Å². The molecule has 32 heavy (non-hydrogen) atoms. The molecule has 0 unspecified atom stereocenters. The van der Waals surface area contributed by atoms with Gasteiger partial charge in [0.25, 0.3) is 0 Å². The van der Waals surface area contributed by atoms with E-state index in [9.17, 15) is 14.0 Å². The molecule has 164 valence electrons. The summed E-state index contributed by atoms with van der Waals surface area (Å²) in [6, 6.07) is 22.9. The smallest absolute Gasteiger partial charge is 0.324 e. The van der Waals surface area contributed by atoms with Gasteiger partial charge in [-0.05, 0) is 42.3 Å². The number of rotatable bonds is 6. The molecule has 0 bridgehead atoms. The first-order valence-corrected chi connectivity index (χ1v) is 10.6. The molecule has 0 spiro atoms. The maximum absolute atomic E-state index is 14.0. The van der Waals surface area contributed by atoms with Crippen molar-refractivity contribution in [3.8, 4) is 0 Å². The second kappa shape index (κ2) is 9.96. The van der Waals surface area contributed by atoms with Crippen molar-refractivity contribution in [1.29, 1.82) is 0 Å². The first kappa shape index (κ1) is 21.4. The summed E-state index contributed by atoms with van der Waals surface area (Å²) in [5, 5.41) is 5.61. The molecule has 3 aromatic rings. The summed E-state index contributed by atoms with van der Waals surface area (Å²) in [6.45, 7) is 1.86. The number of benzene rings is 3. The molecule has 0 radical (unpaired) electrons.